The number of benzene rings is 2. The van der Waals surface area contributed by atoms with Crippen molar-refractivity contribution < 1.29 is 19.1 Å². The van der Waals surface area contributed by atoms with E-state index in [1.807, 2.05) is 19.1 Å². The van der Waals surface area contributed by atoms with Gasteiger partial charge in [0, 0.05) is 5.02 Å². The number of hydrogen-bond donors (Lipinski definition) is 0. The highest BCUT2D eigenvalue weighted by Crippen LogP contribution is 2.21. The van der Waals surface area contributed by atoms with Gasteiger partial charge in [-0.05, 0) is 55.3 Å². The Morgan fingerprint density at radius 3 is 2.39 bits per heavy atom. The van der Waals surface area contributed by atoms with Crippen LogP contribution in [0, 0.1) is 6.92 Å². The first-order valence-electron chi connectivity index (χ1n) is 7.10. The molecule has 120 valence electrons. The van der Waals surface area contributed by atoms with E-state index in [1.165, 1.54) is 6.92 Å². The number of halogens is 1. The lowest BCUT2D eigenvalue weighted by atomic mass is 10.1. The molecule has 0 unspecified atom stereocenters. The number of rotatable bonds is 6. The second-order valence-electron chi connectivity index (χ2n) is 5.17. The van der Waals surface area contributed by atoms with Crippen molar-refractivity contribution in [2.45, 2.75) is 20.5 Å². The third-order valence-corrected chi connectivity index (χ3v) is 3.56. The molecular weight excluding hydrogens is 316 g/mol. The Balaban J connectivity index is 1.93. The number of ketones is 1. The zero-order valence-corrected chi connectivity index (χ0v) is 13.7. The second-order valence-corrected chi connectivity index (χ2v) is 5.58. The summed E-state index contributed by atoms with van der Waals surface area (Å²) < 4.78 is 10.5. The Labute approximate surface area is 140 Å². The number of carbonyl (C=O) groups excluding carboxylic acids is 2. The summed E-state index contributed by atoms with van der Waals surface area (Å²) in [6.45, 7) is 3.45. The van der Waals surface area contributed by atoms with Gasteiger partial charge in [0.15, 0.2) is 5.78 Å². The van der Waals surface area contributed by atoms with Crippen LogP contribution >= 0.6 is 11.6 Å². The monoisotopic (exact) mass is 332 g/mol. The molecular formula is C18H17ClO4. The summed E-state index contributed by atoms with van der Waals surface area (Å²) in [5.41, 5.74) is 2.27. The Morgan fingerprint density at radius 2 is 1.78 bits per heavy atom. The summed E-state index contributed by atoms with van der Waals surface area (Å²) in [6.07, 6.45) is 0. The van der Waals surface area contributed by atoms with Gasteiger partial charge in [0.1, 0.15) is 19.0 Å². The van der Waals surface area contributed by atoms with E-state index in [2.05, 4.69) is 0 Å². The van der Waals surface area contributed by atoms with E-state index in [-0.39, 0.29) is 12.4 Å². The third kappa shape index (κ3) is 5.11. The summed E-state index contributed by atoms with van der Waals surface area (Å²) in [6, 6.07) is 12.3. The largest absolute Gasteiger partial charge is 0.489 e. The standard InChI is InChI=1S/C18H17ClO4/c1-12-9-16(7-8-17(12)19)22-11-14-3-5-15(6-4-14)18(21)23-10-13(2)20/h3-9H,10-11H2,1-2H3. The lowest BCUT2D eigenvalue weighted by molar-refractivity contribution is -0.120. The Bertz CT molecular complexity index is 707. The molecule has 0 aromatic heterocycles. The molecule has 0 N–H and O–H groups in total. The van der Waals surface area contributed by atoms with E-state index in [1.54, 1.807) is 30.3 Å². The van der Waals surface area contributed by atoms with Gasteiger partial charge in [0.05, 0.1) is 5.56 Å². The van der Waals surface area contributed by atoms with Crippen LogP contribution < -0.4 is 4.74 Å². The molecule has 0 atom stereocenters. The van der Waals surface area contributed by atoms with E-state index in [0.717, 1.165) is 16.9 Å². The zero-order chi connectivity index (χ0) is 16.8. The quantitative estimate of drug-likeness (QED) is 0.751. The molecule has 0 amide bonds. The van der Waals surface area contributed by atoms with Gasteiger partial charge in [-0.1, -0.05) is 23.7 Å². The molecule has 0 spiro atoms. The topological polar surface area (TPSA) is 52.6 Å². The van der Waals surface area contributed by atoms with Gasteiger partial charge < -0.3 is 9.47 Å². The van der Waals surface area contributed by atoms with Crippen LogP contribution in [0.5, 0.6) is 5.75 Å². The first-order valence-corrected chi connectivity index (χ1v) is 7.48. The average molecular weight is 333 g/mol. The molecule has 2 aromatic rings. The average Bonchev–Trinajstić information content (AvgIpc) is 2.54. The molecule has 0 saturated heterocycles. The summed E-state index contributed by atoms with van der Waals surface area (Å²) in [5.74, 6) is 0.0273. The molecule has 4 nitrogen and oxygen atoms in total. The lowest BCUT2D eigenvalue weighted by Gasteiger charge is -2.08. The number of aryl methyl sites for hydroxylation is 1. The van der Waals surface area contributed by atoms with Crippen LogP contribution in [0.3, 0.4) is 0 Å². The molecule has 2 rings (SSSR count). The molecule has 2 aromatic carbocycles. The number of esters is 1. The Morgan fingerprint density at radius 1 is 1.09 bits per heavy atom. The van der Waals surface area contributed by atoms with Gasteiger partial charge in [-0.15, -0.1) is 0 Å². The summed E-state index contributed by atoms with van der Waals surface area (Å²) >= 11 is 5.97. The van der Waals surface area contributed by atoms with E-state index in [0.29, 0.717) is 17.2 Å². The molecule has 0 radical (unpaired) electrons. The predicted octanol–water partition coefficient (Wildman–Crippen LogP) is 3.97. The number of carbonyl (C=O) groups is 2. The highest BCUT2D eigenvalue weighted by Gasteiger charge is 2.08. The maximum Gasteiger partial charge on any atom is 0.338 e. The molecule has 0 aliphatic rings. The van der Waals surface area contributed by atoms with E-state index >= 15 is 0 Å². The van der Waals surface area contributed by atoms with Crippen LogP contribution in [-0.2, 0) is 16.1 Å². The van der Waals surface area contributed by atoms with E-state index < -0.39 is 5.97 Å². The van der Waals surface area contributed by atoms with E-state index in [4.69, 9.17) is 21.1 Å². The highest BCUT2D eigenvalue weighted by atomic mass is 35.5. The zero-order valence-electron chi connectivity index (χ0n) is 13.0. The minimum Gasteiger partial charge on any atom is -0.489 e. The van der Waals surface area contributed by atoms with Gasteiger partial charge in [0.2, 0.25) is 0 Å². The van der Waals surface area contributed by atoms with Crippen molar-refractivity contribution in [1.29, 1.82) is 0 Å². The van der Waals surface area contributed by atoms with E-state index in [9.17, 15) is 9.59 Å². The van der Waals surface area contributed by atoms with Gasteiger partial charge in [-0.25, -0.2) is 4.79 Å². The molecule has 0 bridgehead atoms. The van der Waals surface area contributed by atoms with Gasteiger partial charge in [-0.3, -0.25) is 4.79 Å². The fourth-order valence-corrected chi connectivity index (χ4v) is 1.98. The minimum atomic E-state index is -0.513. The van der Waals surface area contributed by atoms with Gasteiger partial charge >= 0.3 is 5.97 Å². The SMILES string of the molecule is CC(=O)COC(=O)c1ccc(COc2ccc(Cl)c(C)c2)cc1. The fraction of sp³-hybridized carbons (Fsp3) is 0.222. The first kappa shape index (κ1) is 17.0. The Kier molecular flexibility index (Phi) is 5.77. The molecule has 0 aliphatic heterocycles. The normalized spacial score (nSPS) is 10.2. The van der Waals surface area contributed by atoms with Crippen molar-refractivity contribution in [3.05, 3.63) is 64.2 Å². The summed E-state index contributed by atoms with van der Waals surface area (Å²) in [5, 5.41) is 0.700. The van der Waals surface area contributed by atoms with Crippen molar-refractivity contribution in [1.82, 2.24) is 0 Å². The number of hydrogen-bond acceptors (Lipinski definition) is 4. The van der Waals surface area contributed by atoms with Crippen molar-refractivity contribution in [2.75, 3.05) is 6.61 Å². The summed E-state index contributed by atoms with van der Waals surface area (Å²) in [4.78, 5) is 22.5. The Hall–Kier alpha value is -2.33. The third-order valence-electron chi connectivity index (χ3n) is 3.13. The van der Waals surface area contributed by atoms with Crippen LogP contribution in [0.25, 0.3) is 0 Å². The van der Waals surface area contributed by atoms with Crippen LogP contribution in [0.4, 0.5) is 0 Å². The molecule has 0 aliphatic carbocycles. The van der Waals surface area contributed by atoms with Gasteiger partial charge in [0.25, 0.3) is 0 Å². The van der Waals surface area contributed by atoms with Gasteiger partial charge in [-0.2, -0.15) is 0 Å². The fourth-order valence-electron chi connectivity index (χ4n) is 1.86. The minimum absolute atomic E-state index is 0.193. The van der Waals surface area contributed by atoms with Crippen LogP contribution in [0.1, 0.15) is 28.4 Å². The molecule has 0 saturated carbocycles. The second kappa shape index (κ2) is 7.79. The lowest BCUT2D eigenvalue weighted by Crippen LogP contribution is -2.11. The van der Waals surface area contributed by atoms with Crippen LogP contribution in [0.15, 0.2) is 42.5 Å². The van der Waals surface area contributed by atoms with Crippen molar-refractivity contribution in [3.8, 4) is 5.75 Å². The van der Waals surface area contributed by atoms with Crippen molar-refractivity contribution >= 4 is 23.4 Å². The van der Waals surface area contributed by atoms with Crippen LogP contribution in [0.2, 0.25) is 5.02 Å². The highest BCUT2D eigenvalue weighted by molar-refractivity contribution is 6.31. The maximum atomic E-state index is 11.7. The van der Waals surface area contributed by atoms with Crippen molar-refractivity contribution in [2.24, 2.45) is 0 Å². The first-order chi connectivity index (χ1) is 11.0. The van der Waals surface area contributed by atoms with Crippen molar-refractivity contribution in [3.63, 3.8) is 0 Å². The maximum absolute atomic E-state index is 11.7. The van der Waals surface area contributed by atoms with Crippen LogP contribution in [-0.4, -0.2) is 18.4 Å². The molecule has 5 heteroatoms. The predicted molar refractivity (Wildman–Crippen MR) is 87.9 cm³/mol. The smallest absolute Gasteiger partial charge is 0.338 e. The summed E-state index contributed by atoms with van der Waals surface area (Å²) in [7, 11) is 0. The number of Topliss-reactive ketones (excluding diaryl/α,β-unsaturated/α-hetero) is 1. The number of ether oxygens (including phenoxy) is 2. The molecule has 0 heterocycles. The molecule has 0 fully saturated rings. The molecule has 23 heavy (non-hydrogen) atoms.